The molecule has 1 aromatic rings. The molecule has 166 valence electrons. The van der Waals surface area contributed by atoms with Gasteiger partial charge in [0, 0.05) is 18.9 Å². The number of hydrogen-bond donors (Lipinski definition) is 3. The van der Waals surface area contributed by atoms with E-state index in [-0.39, 0.29) is 24.0 Å². The molecule has 3 rings (SSSR count). The van der Waals surface area contributed by atoms with Crippen LogP contribution in [0, 0.1) is 0 Å². The molecule has 3 unspecified atom stereocenters. The molecule has 2 aliphatic carbocycles. The minimum atomic E-state index is -1.02. The minimum absolute atomic E-state index is 0.0365. The molecule has 0 aliphatic heterocycles. The van der Waals surface area contributed by atoms with E-state index < -0.39 is 29.8 Å². The van der Waals surface area contributed by atoms with Crippen LogP contribution in [0.25, 0.3) is 0 Å². The molecule has 0 aromatic carbocycles. The number of amides is 1. The lowest BCUT2D eigenvalue weighted by atomic mass is 9.87. The number of carboxylic acids is 1. The Morgan fingerprint density at radius 2 is 2.00 bits per heavy atom. The minimum Gasteiger partial charge on any atom is -0.478 e. The van der Waals surface area contributed by atoms with Crippen LogP contribution in [0.1, 0.15) is 77.5 Å². The molecule has 3 atom stereocenters. The molecule has 1 heterocycles. The Morgan fingerprint density at radius 3 is 2.57 bits per heavy atom. The number of carboxylic acid groups (broad SMARTS) is 1. The highest BCUT2D eigenvalue weighted by atomic mass is 16.5. The third-order valence-corrected chi connectivity index (χ3v) is 6.21. The lowest BCUT2D eigenvalue weighted by molar-refractivity contribution is -0.134. The van der Waals surface area contributed by atoms with Gasteiger partial charge in [-0.15, -0.1) is 5.10 Å². The first kappa shape index (κ1) is 22.4. The van der Waals surface area contributed by atoms with Gasteiger partial charge in [0.15, 0.2) is 0 Å². The molecule has 30 heavy (non-hydrogen) atoms. The molecular weight excluding hydrogens is 388 g/mol. The molecule has 0 bridgehead atoms. The van der Waals surface area contributed by atoms with Gasteiger partial charge in [0.2, 0.25) is 5.91 Å². The van der Waals surface area contributed by atoms with E-state index in [0.29, 0.717) is 18.5 Å². The van der Waals surface area contributed by atoms with Crippen molar-refractivity contribution in [2.75, 3.05) is 0 Å². The Bertz CT molecular complexity index is 795. The number of ether oxygens (including phenoxy) is 1. The highest BCUT2D eigenvalue weighted by molar-refractivity contribution is 5.87. The van der Waals surface area contributed by atoms with Gasteiger partial charge in [-0.3, -0.25) is 4.79 Å². The van der Waals surface area contributed by atoms with Gasteiger partial charge >= 0.3 is 5.97 Å². The second-order valence-electron chi connectivity index (χ2n) is 8.35. The molecule has 1 saturated carbocycles. The Hall–Kier alpha value is -2.26. The van der Waals surface area contributed by atoms with Crippen LogP contribution in [0.2, 0.25) is 0 Å². The summed E-state index contributed by atoms with van der Waals surface area (Å²) in [6, 6.07) is -1.08. The van der Waals surface area contributed by atoms with Crippen molar-refractivity contribution in [2.45, 2.75) is 95.6 Å². The molecule has 9 nitrogen and oxygen atoms in total. The standard InChI is InChI=1S/C21H32N4O5/c1-4-15(5-2)30-17-11-14(20(27)28)10-16(19(17)22-13(3)26)25-12-18(23-24-25)21(29)8-6-7-9-21/h10,12,15-17,19,29H,4-9,11H2,1-3H3,(H,22,26)(H,27,28). The van der Waals surface area contributed by atoms with Gasteiger partial charge < -0.3 is 20.3 Å². The first-order valence-corrected chi connectivity index (χ1v) is 10.8. The van der Waals surface area contributed by atoms with E-state index in [1.807, 2.05) is 13.8 Å². The number of hydrogen-bond acceptors (Lipinski definition) is 6. The Labute approximate surface area is 176 Å². The van der Waals surface area contributed by atoms with E-state index in [9.17, 15) is 19.8 Å². The molecule has 2 aliphatic rings. The molecule has 1 amide bonds. The summed E-state index contributed by atoms with van der Waals surface area (Å²) in [7, 11) is 0. The highest BCUT2D eigenvalue weighted by Gasteiger charge is 2.41. The monoisotopic (exact) mass is 420 g/mol. The van der Waals surface area contributed by atoms with Gasteiger partial charge in [-0.05, 0) is 31.8 Å². The molecule has 1 fully saturated rings. The number of aromatic nitrogens is 3. The number of carbonyl (C=O) groups is 2. The van der Waals surface area contributed by atoms with Gasteiger partial charge in [0.1, 0.15) is 11.3 Å². The summed E-state index contributed by atoms with van der Waals surface area (Å²) in [5.74, 6) is -1.25. The molecule has 1 aromatic heterocycles. The highest BCUT2D eigenvalue weighted by Crippen LogP contribution is 2.38. The second kappa shape index (κ2) is 9.26. The van der Waals surface area contributed by atoms with Crippen molar-refractivity contribution in [1.29, 1.82) is 0 Å². The van der Waals surface area contributed by atoms with Crippen LogP contribution < -0.4 is 5.32 Å². The number of nitrogens with zero attached hydrogens (tertiary/aromatic N) is 3. The smallest absolute Gasteiger partial charge is 0.331 e. The molecule has 3 N–H and O–H groups in total. The fourth-order valence-electron chi connectivity index (χ4n) is 4.47. The summed E-state index contributed by atoms with van der Waals surface area (Å²) in [6.45, 7) is 5.46. The summed E-state index contributed by atoms with van der Waals surface area (Å²) in [5, 5.41) is 31.8. The quantitative estimate of drug-likeness (QED) is 0.587. The van der Waals surface area contributed by atoms with Crippen LogP contribution in [-0.4, -0.2) is 55.3 Å². The van der Waals surface area contributed by atoms with Crippen LogP contribution in [0.5, 0.6) is 0 Å². The van der Waals surface area contributed by atoms with Crippen LogP contribution in [0.3, 0.4) is 0 Å². The SMILES string of the molecule is CCC(CC)OC1CC(C(=O)O)=CC(n2cc(C3(O)CCCC3)nn2)C1NC(C)=O. The third kappa shape index (κ3) is 4.73. The summed E-state index contributed by atoms with van der Waals surface area (Å²) in [5.41, 5.74) is -0.301. The molecule has 0 radical (unpaired) electrons. The van der Waals surface area contributed by atoms with Gasteiger partial charge in [-0.25, -0.2) is 9.48 Å². The summed E-state index contributed by atoms with van der Waals surface area (Å²) in [6.07, 6.45) is 7.60. The average Bonchev–Trinajstić information content (AvgIpc) is 3.36. The van der Waals surface area contributed by atoms with Crippen LogP contribution in [-0.2, 0) is 19.9 Å². The van der Waals surface area contributed by atoms with Crippen LogP contribution >= 0.6 is 0 Å². The van der Waals surface area contributed by atoms with Crippen molar-refractivity contribution in [1.82, 2.24) is 20.3 Å². The van der Waals surface area contributed by atoms with Crippen molar-refractivity contribution in [2.24, 2.45) is 0 Å². The number of carbonyl (C=O) groups excluding carboxylic acids is 1. The van der Waals surface area contributed by atoms with E-state index in [1.165, 1.54) is 11.6 Å². The number of rotatable bonds is 8. The van der Waals surface area contributed by atoms with E-state index in [0.717, 1.165) is 25.7 Å². The average molecular weight is 421 g/mol. The number of nitrogens with one attached hydrogen (secondary N) is 1. The molecule has 9 heteroatoms. The topological polar surface area (TPSA) is 127 Å². The molecular formula is C21H32N4O5. The lowest BCUT2D eigenvalue weighted by Gasteiger charge is -2.38. The van der Waals surface area contributed by atoms with Crippen molar-refractivity contribution in [3.8, 4) is 0 Å². The van der Waals surface area contributed by atoms with E-state index in [1.54, 1.807) is 12.3 Å². The largest absolute Gasteiger partial charge is 0.478 e. The first-order chi connectivity index (χ1) is 14.3. The predicted octanol–water partition coefficient (Wildman–Crippen LogP) is 2.07. The lowest BCUT2D eigenvalue weighted by Crippen LogP contribution is -2.52. The zero-order valence-electron chi connectivity index (χ0n) is 17.9. The van der Waals surface area contributed by atoms with Gasteiger partial charge in [0.05, 0.1) is 30.5 Å². The maximum atomic E-state index is 12.0. The normalized spacial score (nSPS) is 25.9. The fraction of sp³-hybridized carbons (Fsp3) is 0.714. The molecule has 0 spiro atoms. The maximum absolute atomic E-state index is 12.0. The Balaban J connectivity index is 1.97. The van der Waals surface area contributed by atoms with Crippen molar-refractivity contribution in [3.05, 3.63) is 23.5 Å². The Kier molecular flexibility index (Phi) is 6.92. The maximum Gasteiger partial charge on any atom is 0.331 e. The number of aliphatic carboxylic acids is 1. The van der Waals surface area contributed by atoms with Crippen molar-refractivity contribution in [3.63, 3.8) is 0 Å². The zero-order valence-corrected chi connectivity index (χ0v) is 17.9. The van der Waals surface area contributed by atoms with E-state index in [2.05, 4.69) is 15.6 Å². The van der Waals surface area contributed by atoms with Gasteiger partial charge in [-0.1, -0.05) is 31.9 Å². The Morgan fingerprint density at radius 1 is 1.33 bits per heavy atom. The summed E-state index contributed by atoms with van der Waals surface area (Å²) < 4.78 is 7.77. The molecule has 0 saturated heterocycles. The zero-order chi connectivity index (χ0) is 21.9. The first-order valence-electron chi connectivity index (χ1n) is 10.8. The predicted molar refractivity (Wildman–Crippen MR) is 109 cm³/mol. The number of aliphatic hydroxyl groups is 1. The van der Waals surface area contributed by atoms with Crippen molar-refractivity contribution >= 4 is 11.9 Å². The van der Waals surface area contributed by atoms with E-state index in [4.69, 9.17) is 4.74 Å². The second-order valence-corrected chi connectivity index (χ2v) is 8.35. The van der Waals surface area contributed by atoms with Crippen molar-refractivity contribution < 1.29 is 24.5 Å². The summed E-state index contributed by atoms with van der Waals surface area (Å²) >= 11 is 0. The van der Waals surface area contributed by atoms with Gasteiger partial charge in [-0.2, -0.15) is 0 Å². The van der Waals surface area contributed by atoms with E-state index >= 15 is 0 Å². The fourth-order valence-corrected chi connectivity index (χ4v) is 4.47. The third-order valence-electron chi connectivity index (χ3n) is 6.21. The van der Waals surface area contributed by atoms with Crippen LogP contribution in [0.15, 0.2) is 17.8 Å². The van der Waals surface area contributed by atoms with Crippen LogP contribution in [0.4, 0.5) is 0 Å². The van der Waals surface area contributed by atoms with Gasteiger partial charge in [0.25, 0.3) is 0 Å². The summed E-state index contributed by atoms with van der Waals surface area (Å²) in [4.78, 5) is 23.8.